The van der Waals surface area contributed by atoms with Crippen LogP contribution in [-0.4, -0.2) is 6.54 Å². The predicted molar refractivity (Wildman–Crippen MR) is 64.4 cm³/mol. The maximum atomic E-state index is 5.90. The van der Waals surface area contributed by atoms with Crippen LogP contribution in [-0.2, 0) is 0 Å². The summed E-state index contributed by atoms with van der Waals surface area (Å²) in [6.45, 7) is 2.88. The van der Waals surface area contributed by atoms with Crippen LogP contribution >= 0.6 is 0 Å². The third-order valence-corrected chi connectivity index (χ3v) is 2.29. The monoisotopic (exact) mass is 201 g/mol. The molecule has 3 heteroatoms. The highest BCUT2D eigenvalue weighted by Gasteiger charge is 2.02. The molecule has 4 N–H and O–H groups in total. The van der Waals surface area contributed by atoms with Gasteiger partial charge in [-0.3, -0.25) is 0 Å². The maximum Gasteiger partial charge on any atom is 0.103 e. The number of allylic oxidation sites excluding steroid dienone is 2. The molecule has 1 aliphatic heterocycles. The van der Waals surface area contributed by atoms with Crippen molar-refractivity contribution in [2.45, 2.75) is 6.92 Å². The minimum atomic E-state index is 0.771. The zero-order valence-electron chi connectivity index (χ0n) is 8.75. The van der Waals surface area contributed by atoms with Gasteiger partial charge in [0.2, 0.25) is 0 Å². The third kappa shape index (κ3) is 2.31. The largest absolute Gasteiger partial charge is 0.397 e. The molecule has 0 atom stereocenters. The molecule has 2 rings (SSSR count). The van der Waals surface area contributed by atoms with E-state index in [-0.39, 0.29) is 0 Å². The Morgan fingerprint density at radius 3 is 2.93 bits per heavy atom. The van der Waals surface area contributed by atoms with Crippen molar-refractivity contribution in [3.8, 4) is 0 Å². The van der Waals surface area contributed by atoms with E-state index in [1.165, 1.54) is 5.56 Å². The van der Waals surface area contributed by atoms with Crippen LogP contribution in [0.15, 0.2) is 42.2 Å². The molecule has 0 fully saturated rings. The Hall–Kier alpha value is -1.90. The molecule has 0 aliphatic carbocycles. The molecule has 78 valence electrons. The first-order valence-corrected chi connectivity index (χ1v) is 4.99. The van der Waals surface area contributed by atoms with Gasteiger partial charge < -0.3 is 16.4 Å². The van der Waals surface area contributed by atoms with Gasteiger partial charge in [0.05, 0.1) is 11.4 Å². The van der Waals surface area contributed by atoms with Gasteiger partial charge in [-0.25, -0.2) is 0 Å². The molecule has 1 aromatic rings. The molecule has 0 amide bonds. The van der Waals surface area contributed by atoms with Crippen molar-refractivity contribution >= 4 is 11.4 Å². The van der Waals surface area contributed by atoms with Gasteiger partial charge in [-0.2, -0.15) is 0 Å². The number of hydrogen-bond donors (Lipinski definition) is 3. The highest BCUT2D eigenvalue weighted by molar-refractivity contribution is 5.68. The highest BCUT2D eigenvalue weighted by Crippen LogP contribution is 2.20. The Labute approximate surface area is 89.7 Å². The molecular formula is C12H15N3. The van der Waals surface area contributed by atoms with Crippen LogP contribution in [0.5, 0.6) is 0 Å². The fourth-order valence-corrected chi connectivity index (χ4v) is 1.49. The first-order valence-electron chi connectivity index (χ1n) is 4.99. The average Bonchev–Trinajstić information content (AvgIpc) is 2.24. The molecular weight excluding hydrogens is 186 g/mol. The van der Waals surface area contributed by atoms with Crippen molar-refractivity contribution in [3.63, 3.8) is 0 Å². The second-order valence-corrected chi connectivity index (χ2v) is 3.61. The number of aryl methyl sites for hydroxylation is 1. The molecule has 0 saturated heterocycles. The summed E-state index contributed by atoms with van der Waals surface area (Å²) in [5.41, 5.74) is 8.78. The zero-order valence-corrected chi connectivity index (χ0v) is 8.75. The maximum absolute atomic E-state index is 5.90. The summed E-state index contributed by atoms with van der Waals surface area (Å²) in [7, 11) is 0. The molecule has 1 aromatic carbocycles. The summed E-state index contributed by atoms with van der Waals surface area (Å²) in [6.07, 6.45) is 6.07. The van der Waals surface area contributed by atoms with Crippen LogP contribution in [0.4, 0.5) is 11.4 Å². The minimum Gasteiger partial charge on any atom is -0.397 e. The van der Waals surface area contributed by atoms with Gasteiger partial charge in [0.1, 0.15) is 5.82 Å². The zero-order chi connectivity index (χ0) is 10.7. The summed E-state index contributed by atoms with van der Waals surface area (Å²) >= 11 is 0. The lowest BCUT2D eigenvalue weighted by atomic mass is 10.2. The smallest absolute Gasteiger partial charge is 0.103 e. The first kappa shape index (κ1) is 9.65. The molecule has 0 spiro atoms. The molecule has 1 aliphatic rings. The first-order chi connectivity index (χ1) is 7.25. The normalized spacial score (nSPS) is 14.3. The molecule has 3 nitrogen and oxygen atoms in total. The quantitative estimate of drug-likeness (QED) is 0.641. The third-order valence-electron chi connectivity index (χ3n) is 2.29. The van der Waals surface area contributed by atoms with Gasteiger partial charge >= 0.3 is 0 Å². The van der Waals surface area contributed by atoms with E-state index in [9.17, 15) is 0 Å². The number of anilines is 2. The highest BCUT2D eigenvalue weighted by atomic mass is 15.1. The van der Waals surface area contributed by atoms with E-state index in [2.05, 4.69) is 16.7 Å². The van der Waals surface area contributed by atoms with Gasteiger partial charge in [0, 0.05) is 6.54 Å². The SMILES string of the molecule is Cc1ccc(NC2=CC=CCN2)c(N)c1. The van der Waals surface area contributed by atoms with Crippen molar-refractivity contribution in [1.29, 1.82) is 0 Å². The minimum absolute atomic E-state index is 0.771. The number of rotatable bonds is 2. The summed E-state index contributed by atoms with van der Waals surface area (Å²) in [5.74, 6) is 0.980. The molecule has 1 heterocycles. The number of hydrogen-bond acceptors (Lipinski definition) is 3. The molecule has 0 saturated carbocycles. The molecule has 0 aromatic heterocycles. The van der Waals surface area contributed by atoms with Gasteiger partial charge in [-0.15, -0.1) is 0 Å². The van der Waals surface area contributed by atoms with E-state index < -0.39 is 0 Å². The topological polar surface area (TPSA) is 50.1 Å². The summed E-state index contributed by atoms with van der Waals surface area (Å²) in [6, 6.07) is 5.99. The van der Waals surface area contributed by atoms with Crippen LogP contribution in [0.25, 0.3) is 0 Å². The molecule has 15 heavy (non-hydrogen) atoms. The summed E-state index contributed by atoms with van der Waals surface area (Å²) in [5, 5.41) is 6.47. The van der Waals surface area contributed by atoms with Crippen molar-refractivity contribution in [3.05, 3.63) is 47.8 Å². The van der Waals surface area contributed by atoms with E-state index >= 15 is 0 Å². The van der Waals surface area contributed by atoms with Crippen LogP contribution in [0.2, 0.25) is 0 Å². The van der Waals surface area contributed by atoms with Crippen molar-refractivity contribution in [1.82, 2.24) is 5.32 Å². The summed E-state index contributed by atoms with van der Waals surface area (Å²) in [4.78, 5) is 0. The van der Waals surface area contributed by atoms with E-state index in [0.717, 1.165) is 23.7 Å². The standard InChI is InChI=1S/C12H15N3/c1-9-5-6-11(10(13)8-9)15-12-4-2-3-7-14-12/h2-6,8,14-15H,7,13H2,1H3. The lowest BCUT2D eigenvalue weighted by molar-refractivity contribution is 0.897. The van der Waals surface area contributed by atoms with Gasteiger partial charge in [0.25, 0.3) is 0 Å². The second kappa shape index (κ2) is 4.09. The number of nitrogens with one attached hydrogen (secondary N) is 2. The van der Waals surface area contributed by atoms with E-state index in [1.807, 2.05) is 37.3 Å². The Kier molecular flexibility index (Phi) is 2.63. The van der Waals surface area contributed by atoms with Crippen molar-refractivity contribution < 1.29 is 0 Å². The van der Waals surface area contributed by atoms with Gasteiger partial charge in [0.15, 0.2) is 0 Å². The lowest BCUT2D eigenvalue weighted by Crippen LogP contribution is -2.21. The molecule has 0 bridgehead atoms. The van der Waals surface area contributed by atoms with Crippen LogP contribution in [0.1, 0.15) is 5.56 Å². The predicted octanol–water partition coefficient (Wildman–Crippen LogP) is 1.99. The van der Waals surface area contributed by atoms with Gasteiger partial charge in [-0.1, -0.05) is 18.2 Å². The Balaban J connectivity index is 2.17. The van der Waals surface area contributed by atoms with Crippen LogP contribution < -0.4 is 16.4 Å². The number of nitrogen functional groups attached to an aromatic ring is 1. The van der Waals surface area contributed by atoms with Crippen LogP contribution in [0, 0.1) is 6.92 Å². The van der Waals surface area contributed by atoms with E-state index in [1.54, 1.807) is 0 Å². The lowest BCUT2D eigenvalue weighted by Gasteiger charge is -2.16. The average molecular weight is 201 g/mol. The van der Waals surface area contributed by atoms with E-state index in [4.69, 9.17) is 5.73 Å². The second-order valence-electron chi connectivity index (χ2n) is 3.61. The van der Waals surface area contributed by atoms with Crippen LogP contribution in [0.3, 0.4) is 0 Å². The Morgan fingerprint density at radius 2 is 2.27 bits per heavy atom. The fourth-order valence-electron chi connectivity index (χ4n) is 1.49. The molecule has 0 unspecified atom stereocenters. The van der Waals surface area contributed by atoms with Crippen molar-refractivity contribution in [2.24, 2.45) is 0 Å². The number of nitrogens with two attached hydrogens (primary N) is 1. The Morgan fingerprint density at radius 1 is 1.40 bits per heavy atom. The number of benzene rings is 1. The Bertz CT molecular complexity index is 419. The van der Waals surface area contributed by atoms with E-state index in [0.29, 0.717) is 0 Å². The number of dihydropyridines is 1. The molecule has 0 radical (unpaired) electrons. The summed E-state index contributed by atoms with van der Waals surface area (Å²) < 4.78 is 0. The van der Waals surface area contributed by atoms with Gasteiger partial charge in [-0.05, 0) is 30.7 Å². The van der Waals surface area contributed by atoms with Crippen molar-refractivity contribution in [2.75, 3.05) is 17.6 Å². The fraction of sp³-hybridized carbons (Fsp3) is 0.167.